The predicted octanol–water partition coefficient (Wildman–Crippen LogP) is 3.51. The minimum atomic E-state index is 0.273. The quantitative estimate of drug-likeness (QED) is 0.873. The van der Waals surface area contributed by atoms with Crippen molar-refractivity contribution in [2.45, 2.75) is 50.5 Å². The Morgan fingerprint density at radius 1 is 1.26 bits per heavy atom. The Labute approximate surface area is 116 Å². The van der Waals surface area contributed by atoms with E-state index in [4.69, 9.17) is 4.74 Å². The van der Waals surface area contributed by atoms with E-state index in [1.807, 2.05) is 0 Å². The topological polar surface area (TPSA) is 21.3 Å². The Morgan fingerprint density at radius 2 is 2.05 bits per heavy atom. The molecule has 2 unspecified atom stereocenters. The van der Waals surface area contributed by atoms with Crippen molar-refractivity contribution >= 4 is 0 Å². The fraction of sp³-hybridized carbons (Fsp3) is 0.647. The van der Waals surface area contributed by atoms with E-state index in [0.29, 0.717) is 0 Å². The largest absolute Gasteiger partial charge is 0.496 e. The summed E-state index contributed by atoms with van der Waals surface area (Å²) in [6.07, 6.45) is 6.68. The molecule has 2 heteroatoms. The lowest BCUT2D eigenvalue weighted by atomic mass is 9.72. The lowest BCUT2D eigenvalue weighted by Crippen LogP contribution is -2.41. The van der Waals surface area contributed by atoms with Gasteiger partial charge in [-0.1, -0.05) is 31.5 Å². The maximum Gasteiger partial charge on any atom is 0.122 e. The van der Waals surface area contributed by atoms with Gasteiger partial charge in [-0.15, -0.1) is 0 Å². The Balaban J connectivity index is 1.92. The molecule has 1 aromatic carbocycles. The number of nitrogens with one attached hydrogen (secondary N) is 1. The molecule has 0 aliphatic heterocycles. The molecule has 2 atom stereocenters. The van der Waals surface area contributed by atoms with E-state index >= 15 is 0 Å². The highest BCUT2D eigenvalue weighted by Gasteiger charge is 2.43. The molecule has 2 aliphatic carbocycles. The molecule has 0 bridgehead atoms. The van der Waals surface area contributed by atoms with Crippen LogP contribution in [0.2, 0.25) is 0 Å². The van der Waals surface area contributed by atoms with Crippen LogP contribution in [0.25, 0.3) is 0 Å². The molecule has 0 amide bonds. The number of benzene rings is 1. The van der Waals surface area contributed by atoms with Crippen LogP contribution in [-0.2, 0) is 5.41 Å². The first-order valence-electron chi connectivity index (χ1n) is 7.63. The highest BCUT2D eigenvalue weighted by atomic mass is 16.5. The molecule has 1 aromatic rings. The lowest BCUT2D eigenvalue weighted by Gasteiger charge is -2.36. The summed E-state index contributed by atoms with van der Waals surface area (Å²) in [5.41, 5.74) is 1.69. The Bertz CT molecular complexity index is 441. The standard InChI is InChI=1S/C17H25NO/c1-13-6-5-11-17(13,12-18-14-9-10-14)15-7-3-4-8-16(15)19-2/h3-4,7-8,13-14,18H,5-6,9-12H2,1-2H3. The van der Waals surface area contributed by atoms with Gasteiger partial charge in [0.2, 0.25) is 0 Å². The Kier molecular flexibility index (Phi) is 3.53. The van der Waals surface area contributed by atoms with Crippen LogP contribution in [-0.4, -0.2) is 19.7 Å². The van der Waals surface area contributed by atoms with Crippen molar-refractivity contribution in [2.75, 3.05) is 13.7 Å². The number of para-hydroxylation sites is 1. The van der Waals surface area contributed by atoms with Crippen molar-refractivity contribution in [3.8, 4) is 5.75 Å². The van der Waals surface area contributed by atoms with Crippen LogP contribution in [0.1, 0.15) is 44.6 Å². The van der Waals surface area contributed by atoms with E-state index < -0.39 is 0 Å². The summed E-state index contributed by atoms with van der Waals surface area (Å²) in [4.78, 5) is 0. The molecule has 2 aliphatic rings. The number of hydrogen-bond acceptors (Lipinski definition) is 2. The molecule has 2 nitrogen and oxygen atoms in total. The van der Waals surface area contributed by atoms with Gasteiger partial charge in [0.25, 0.3) is 0 Å². The SMILES string of the molecule is COc1ccccc1C1(CNC2CC2)CCCC1C. The van der Waals surface area contributed by atoms with Crippen LogP contribution in [0.4, 0.5) is 0 Å². The molecule has 0 spiro atoms. The van der Waals surface area contributed by atoms with Crippen molar-refractivity contribution in [3.05, 3.63) is 29.8 Å². The zero-order valence-electron chi connectivity index (χ0n) is 12.1. The molecule has 0 radical (unpaired) electrons. The summed E-state index contributed by atoms with van der Waals surface area (Å²) < 4.78 is 5.63. The van der Waals surface area contributed by atoms with Crippen molar-refractivity contribution < 1.29 is 4.74 Å². The number of ether oxygens (including phenoxy) is 1. The van der Waals surface area contributed by atoms with Gasteiger partial charge >= 0.3 is 0 Å². The first kappa shape index (κ1) is 13.0. The van der Waals surface area contributed by atoms with Crippen molar-refractivity contribution in [2.24, 2.45) is 5.92 Å². The van der Waals surface area contributed by atoms with E-state index in [2.05, 4.69) is 36.5 Å². The van der Waals surface area contributed by atoms with Crippen LogP contribution in [0.3, 0.4) is 0 Å². The van der Waals surface area contributed by atoms with E-state index in [1.54, 1.807) is 7.11 Å². The number of hydrogen-bond donors (Lipinski definition) is 1. The first-order valence-corrected chi connectivity index (χ1v) is 7.63. The first-order chi connectivity index (χ1) is 9.26. The highest BCUT2D eigenvalue weighted by Crippen LogP contribution is 2.48. The molecule has 2 saturated carbocycles. The molecule has 3 rings (SSSR count). The summed E-state index contributed by atoms with van der Waals surface area (Å²) in [6, 6.07) is 9.39. The average molecular weight is 259 g/mol. The molecular formula is C17H25NO. The zero-order chi connectivity index (χ0) is 13.3. The summed E-state index contributed by atoms with van der Waals surface area (Å²) in [5, 5.41) is 3.76. The smallest absolute Gasteiger partial charge is 0.122 e. The van der Waals surface area contributed by atoms with E-state index in [1.165, 1.54) is 37.7 Å². The van der Waals surface area contributed by atoms with Crippen LogP contribution >= 0.6 is 0 Å². The summed E-state index contributed by atoms with van der Waals surface area (Å²) in [6.45, 7) is 3.52. The minimum absolute atomic E-state index is 0.273. The van der Waals surface area contributed by atoms with Crippen molar-refractivity contribution in [3.63, 3.8) is 0 Å². The molecule has 0 heterocycles. The fourth-order valence-corrected chi connectivity index (χ4v) is 3.67. The van der Waals surface area contributed by atoms with E-state index in [-0.39, 0.29) is 5.41 Å². The second-order valence-electron chi connectivity index (χ2n) is 6.30. The summed E-state index contributed by atoms with van der Waals surface area (Å²) in [5.74, 6) is 1.80. The van der Waals surface area contributed by atoms with Crippen LogP contribution in [0.15, 0.2) is 24.3 Å². The molecule has 0 saturated heterocycles. The van der Waals surface area contributed by atoms with Gasteiger partial charge in [-0.3, -0.25) is 0 Å². The van der Waals surface area contributed by atoms with Crippen molar-refractivity contribution in [1.29, 1.82) is 0 Å². The summed E-state index contributed by atoms with van der Waals surface area (Å²) >= 11 is 0. The van der Waals surface area contributed by atoms with E-state index in [0.717, 1.165) is 24.3 Å². The Morgan fingerprint density at radius 3 is 2.68 bits per heavy atom. The average Bonchev–Trinajstić information content (AvgIpc) is 3.20. The van der Waals surface area contributed by atoms with Gasteiger partial charge in [0.05, 0.1) is 7.11 Å². The number of rotatable bonds is 5. The van der Waals surface area contributed by atoms with Gasteiger partial charge < -0.3 is 10.1 Å². The normalized spacial score (nSPS) is 30.5. The second-order valence-corrected chi connectivity index (χ2v) is 6.30. The maximum atomic E-state index is 5.63. The maximum absolute atomic E-state index is 5.63. The van der Waals surface area contributed by atoms with Gasteiger partial charge in [0.15, 0.2) is 0 Å². The summed E-state index contributed by atoms with van der Waals surface area (Å²) in [7, 11) is 1.79. The van der Waals surface area contributed by atoms with Gasteiger partial charge in [0.1, 0.15) is 5.75 Å². The molecular weight excluding hydrogens is 234 g/mol. The number of methoxy groups -OCH3 is 1. The highest BCUT2D eigenvalue weighted by molar-refractivity contribution is 5.41. The minimum Gasteiger partial charge on any atom is -0.496 e. The van der Waals surface area contributed by atoms with Crippen molar-refractivity contribution in [1.82, 2.24) is 5.32 Å². The third-order valence-corrected chi connectivity index (χ3v) is 5.13. The molecule has 1 N–H and O–H groups in total. The third-order valence-electron chi connectivity index (χ3n) is 5.13. The molecule has 19 heavy (non-hydrogen) atoms. The molecule has 104 valence electrons. The van der Waals surface area contributed by atoms with Gasteiger partial charge in [0, 0.05) is 23.6 Å². The third kappa shape index (κ3) is 2.38. The predicted molar refractivity (Wildman–Crippen MR) is 78.7 cm³/mol. The van der Waals surface area contributed by atoms with E-state index in [9.17, 15) is 0 Å². The second kappa shape index (κ2) is 5.16. The molecule has 0 aromatic heterocycles. The van der Waals surface area contributed by atoms with Gasteiger partial charge in [-0.05, 0) is 37.7 Å². The lowest BCUT2D eigenvalue weighted by molar-refractivity contribution is 0.300. The van der Waals surface area contributed by atoms with Crippen LogP contribution < -0.4 is 10.1 Å². The van der Waals surface area contributed by atoms with Crippen LogP contribution in [0, 0.1) is 5.92 Å². The monoisotopic (exact) mass is 259 g/mol. The zero-order valence-corrected chi connectivity index (χ0v) is 12.1. The molecule has 2 fully saturated rings. The Hall–Kier alpha value is -1.02. The van der Waals surface area contributed by atoms with Crippen LogP contribution in [0.5, 0.6) is 5.75 Å². The fourth-order valence-electron chi connectivity index (χ4n) is 3.67. The van der Waals surface area contributed by atoms with Gasteiger partial charge in [-0.25, -0.2) is 0 Å². The van der Waals surface area contributed by atoms with Gasteiger partial charge in [-0.2, -0.15) is 0 Å².